The van der Waals surface area contributed by atoms with Crippen molar-refractivity contribution in [3.8, 4) is 0 Å². The van der Waals surface area contributed by atoms with Crippen LogP contribution in [0.5, 0.6) is 0 Å². The maximum Gasteiger partial charge on any atom is 0.252 e. The number of carbonyl (C=O) groups is 2. The number of nitrogens with zero attached hydrogens (tertiary/aromatic N) is 1. The number of carbonyl (C=O) groups excluding carboxylic acids is 2. The lowest BCUT2D eigenvalue weighted by molar-refractivity contribution is -0.137. The molecule has 5 heteroatoms. The molecule has 0 rings (SSSR count). The Hall–Kier alpha value is -1.10. The Morgan fingerprint density at radius 1 is 1.73 bits per heavy atom. The number of likely N-dealkylation sites (N-methyl/N-ethyl adjacent to an activating group) is 1. The molecule has 2 amide bonds. The second-order valence-electron chi connectivity index (χ2n) is 2.27. The second-order valence-corrected chi connectivity index (χ2v) is 2.27. The highest BCUT2D eigenvalue weighted by molar-refractivity contribution is 5.80. The smallest absolute Gasteiger partial charge is 0.252 e. The van der Waals surface area contributed by atoms with Gasteiger partial charge in [0, 0.05) is 14.1 Å². The molecule has 0 fully saturated rings. The Morgan fingerprint density at radius 2 is 2.27 bits per heavy atom. The van der Waals surface area contributed by atoms with Crippen molar-refractivity contribution in [3.05, 3.63) is 0 Å². The number of nitrogens with one attached hydrogen (secondary N) is 1. The summed E-state index contributed by atoms with van der Waals surface area (Å²) in [4.78, 5) is 21.9. The molecule has 64 valence electrons. The molecule has 0 aromatic heterocycles. The zero-order chi connectivity index (χ0) is 8.85. The van der Waals surface area contributed by atoms with Gasteiger partial charge in [0.25, 0.3) is 5.91 Å². The number of rotatable bonds is 4. The lowest BCUT2D eigenvalue weighted by atomic mass is 10.3. The molecule has 11 heavy (non-hydrogen) atoms. The standard InChI is InChI=1S/C6H12N2O3/c1-8(2)6(11)5(10)3-7-4-9/h4-5,10H,3H2,1-2H3,(H,7,9). The Labute approximate surface area is 65.0 Å². The highest BCUT2D eigenvalue weighted by Gasteiger charge is 2.15. The van der Waals surface area contributed by atoms with E-state index in [1.54, 1.807) is 0 Å². The molecule has 0 heterocycles. The Morgan fingerprint density at radius 3 is 2.64 bits per heavy atom. The normalized spacial score (nSPS) is 11.9. The van der Waals surface area contributed by atoms with Crippen molar-refractivity contribution < 1.29 is 14.7 Å². The average Bonchev–Trinajstić information content (AvgIpc) is 1.98. The highest BCUT2D eigenvalue weighted by atomic mass is 16.3. The third-order valence-corrected chi connectivity index (χ3v) is 1.12. The summed E-state index contributed by atoms with van der Waals surface area (Å²) >= 11 is 0. The number of aliphatic hydroxyl groups excluding tert-OH is 1. The first-order valence-corrected chi connectivity index (χ1v) is 3.16. The van der Waals surface area contributed by atoms with E-state index in [0.29, 0.717) is 6.41 Å². The van der Waals surface area contributed by atoms with Crippen molar-refractivity contribution in [2.75, 3.05) is 20.6 Å². The predicted octanol–water partition coefficient (Wildman–Crippen LogP) is -1.82. The van der Waals surface area contributed by atoms with E-state index in [4.69, 9.17) is 5.11 Å². The maximum atomic E-state index is 10.9. The zero-order valence-electron chi connectivity index (χ0n) is 6.57. The number of aliphatic hydroxyl groups is 1. The van der Waals surface area contributed by atoms with Crippen molar-refractivity contribution >= 4 is 12.3 Å². The fraction of sp³-hybridized carbons (Fsp3) is 0.667. The summed E-state index contributed by atoms with van der Waals surface area (Å²) in [7, 11) is 3.07. The summed E-state index contributed by atoms with van der Waals surface area (Å²) < 4.78 is 0. The van der Waals surface area contributed by atoms with Crippen LogP contribution < -0.4 is 5.32 Å². The van der Waals surface area contributed by atoms with Crippen molar-refractivity contribution in [1.82, 2.24) is 10.2 Å². The summed E-state index contributed by atoms with van der Waals surface area (Å²) in [5.41, 5.74) is 0. The van der Waals surface area contributed by atoms with Gasteiger partial charge in [0.2, 0.25) is 6.41 Å². The maximum absolute atomic E-state index is 10.9. The first-order chi connectivity index (χ1) is 5.09. The molecule has 2 N–H and O–H groups in total. The van der Waals surface area contributed by atoms with E-state index >= 15 is 0 Å². The minimum absolute atomic E-state index is 0.0412. The number of hydrogen-bond acceptors (Lipinski definition) is 3. The van der Waals surface area contributed by atoms with Gasteiger partial charge in [-0.15, -0.1) is 0 Å². The molecule has 0 saturated carbocycles. The fourth-order valence-corrected chi connectivity index (χ4v) is 0.545. The van der Waals surface area contributed by atoms with Crippen LogP contribution in [0.3, 0.4) is 0 Å². The lowest BCUT2D eigenvalue weighted by Gasteiger charge is -2.14. The van der Waals surface area contributed by atoms with Crippen LogP contribution in [0.4, 0.5) is 0 Å². The summed E-state index contributed by atoms with van der Waals surface area (Å²) in [5.74, 6) is -0.417. The van der Waals surface area contributed by atoms with Gasteiger partial charge in [-0.3, -0.25) is 9.59 Å². The van der Waals surface area contributed by atoms with Crippen LogP contribution in [0.15, 0.2) is 0 Å². The third kappa shape index (κ3) is 3.57. The van der Waals surface area contributed by atoms with Gasteiger partial charge in [-0.2, -0.15) is 0 Å². The average molecular weight is 160 g/mol. The Kier molecular flexibility index (Phi) is 4.21. The van der Waals surface area contributed by atoms with Crippen LogP contribution in [0.1, 0.15) is 0 Å². The minimum Gasteiger partial charge on any atom is -0.381 e. The van der Waals surface area contributed by atoms with Gasteiger partial charge in [-0.05, 0) is 0 Å². The number of hydrogen-bond donors (Lipinski definition) is 2. The van der Waals surface area contributed by atoms with Crippen LogP contribution in [0, 0.1) is 0 Å². The van der Waals surface area contributed by atoms with Crippen LogP contribution in [0.2, 0.25) is 0 Å². The summed E-state index contributed by atoms with van der Waals surface area (Å²) in [5, 5.41) is 11.2. The molecule has 0 radical (unpaired) electrons. The van der Waals surface area contributed by atoms with E-state index < -0.39 is 12.0 Å². The van der Waals surface area contributed by atoms with E-state index in [-0.39, 0.29) is 6.54 Å². The molecule has 1 atom stereocenters. The van der Waals surface area contributed by atoms with Crippen molar-refractivity contribution in [2.24, 2.45) is 0 Å². The molecule has 5 nitrogen and oxygen atoms in total. The van der Waals surface area contributed by atoms with Gasteiger partial charge < -0.3 is 15.3 Å². The van der Waals surface area contributed by atoms with E-state index in [2.05, 4.69) is 5.32 Å². The first kappa shape index (κ1) is 9.90. The van der Waals surface area contributed by atoms with Crippen molar-refractivity contribution in [1.29, 1.82) is 0 Å². The molecule has 0 aliphatic rings. The van der Waals surface area contributed by atoms with Crippen LogP contribution in [0.25, 0.3) is 0 Å². The van der Waals surface area contributed by atoms with Gasteiger partial charge in [0.05, 0.1) is 6.54 Å². The van der Waals surface area contributed by atoms with Gasteiger partial charge in [0.1, 0.15) is 6.10 Å². The van der Waals surface area contributed by atoms with E-state index in [1.807, 2.05) is 0 Å². The van der Waals surface area contributed by atoms with E-state index in [0.717, 1.165) is 0 Å². The fourth-order valence-electron chi connectivity index (χ4n) is 0.545. The van der Waals surface area contributed by atoms with Gasteiger partial charge in [-0.1, -0.05) is 0 Å². The molecule has 1 unspecified atom stereocenters. The quantitative estimate of drug-likeness (QED) is 0.476. The van der Waals surface area contributed by atoms with E-state index in [9.17, 15) is 9.59 Å². The Balaban J connectivity index is 3.73. The molecule has 0 saturated heterocycles. The largest absolute Gasteiger partial charge is 0.381 e. The summed E-state index contributed by atoms with van der Waals surface area (Å²) in [6, 6.07) is 0. The molecule has 0 aliphatic carbocycles. The second kappa shape index (κ2) is 4.68. The van der Waals surface area contributed by atoms with Crippen LogP contribution in [-0.2, 0) is 9.59 Å². The molecular formula is C6H12N2O3. The molecule has 0 aromatic carbocycles. The SMILES string of the molecule is CN(C)C(=O)C(O)CNC=O. The zero-order valence-corrected chi connectivity index (χ0v) is 6.57. The summed E-state index contributed by atoms with van der Waals surface area (Å²) in [6.45, 7) is -0.0412. The molecule has 0 aliphatic heterocycles. The topological polar surface area (TPSA) is 69.6 Å². The van der Waals surface area contributed by atoms with Gasteiger partial charge >= 0.3 is 0 Å². The minimum atomic E-state index is -1.14. The number of amides is 2. The van der Waals surface area contributed by atoms with E-state index in [1.165, 1.54) is 19.0 Å². The Bertz CT molecular complexity index is 147. The van der Waals surface area contributed by atoms with Crippen molar-refractivity contribution in [2.45, 2.75) is 6.10 Å². The highest BCUT2D eigenvalue weighted by Crippen LogP contribution is 1.86. The molecule has 0 bridgehead atoms. The monoisotopic (exact) mass is 160 g/mol. The van der Waals surface area contributed by atoms with Gasteiger partial charge in [0.15, 0.2) is 0 Å². The first-order valence-electron chi connectivity index (χ1n) is 3.16. The lowest BCUT2D eigenvalue weighted by Crippen LogP contribution is -2.39. The molecule has 0 spiro atoms. The van der Waals surface area contributed by atoms with Gasteiger partial charge in [-0.25, -0.2) is 0 Å². The van der Waals surface area contributed by atoms with Crippen molar-refractivity contribution in [3.63, 3.8) is 0 Å². The third-order valence-electron chi connectivity index (χ3n) is 1.12. The predicted molar refractivity (Wildman–Crippen MR) is 38.8 cm³/mol. The molecule has 0 aromatic rings. The van der Waals surface area contributed by atoms with Crippen LogP contribution >= 0.6 is 0 Å². The molecular weight excluding hydrogens is 148 g/mol. The van der Waals surface area contributed by atoms with Crippen LogP contribution in [-0.4, -0.2) is 49.1 Å². The summed E-state index contributed by atoms with van der Waals surface area (Å²) in [6.07, 6.45) is -0.707.